The highest BCUT2D eigenvalue weighted by Crippen LogP contribution is 2.42. The van der Waals surface area contributed by atoms with Crippen LogP contribution < -0.4 is 0 Å². The van der Waals surface area contributed by atoms with Crippen LogP contribution in [-0.2, 0) is 27.9 Å². The van der Waals surface area contributed by atoms with Gasteiger partial charge in [-0.3, -0.25) is 0 Å². The minimum Gasteiger partial charge on any atom is -0.463 e. The van der Waals surface area contributed by atoms with Crippen LogP contribution in [0.1, 0.15) is 34.6 Å². The lowest BCUT2D eigenvalue weighted by molar-refractivity contribution is -0.175. The van der Waals surface area contributed by atoms with Crippen LogP contribution in [0.2, 0.25) is 37.8 Å². The van der Waals surface area contributed by atoms with E-state index in [9.17, 15) is 9.59 Å². The lowest BCUT2D eigenvalue weighted by Gasteiger charge is -2.38. The average molecular weight is 460 g/mol. The molecule has 1 rings (SSSR count). The molecule has 0 aromatic carbocycles. The van der Waals surface area contributed by atoms with Gasteiger partial charge in [-0.2, -0.15) is 0 Å². The summed E-state index contributed by atoms with van der Waals surface area (Å²) < 4.78 is 23.6. The van der Waals surface area contributed by atoms with Gasteiger partial charge in [0.1, 0.15) is 6.10 Å². The normalized spacial score (nSPS) is 25.4. The summed E-state index contributed by atoms with van der Waals surface area (Å²) >= 11 is 0. The second kappa shape index (κ2) is 10.8. The zero-order chi connectivity index (χ0) is 23.2. The van der Waals surface area contributed by atoms with Crippen LogP contribution in [0.25, 0.3) is 10.4 Å². The van der Waals surface area contributed by atoms with E-state index in [-0.39, 0.29) is 13.2 Å². The molecule has 0 aliphatic carbocycles. The van der Waals surface area contributed by atoms with Crippen LogP contribution >= 0.6 is 0 Å². The van der Waals surface area contributed by atoms with Crippen LogP contribution in [-0.4, -0.2) is 59.5 Å². The van der Waals surface area contributed by atoms with E-state index in [0.717, 1.165) is 18.1 Å². The first-order chi connectivity index (χ1) is 14.0. The fraction of sp³-hybridized carbons (Fsp3) is 0.895. The Hall–Kier alpha value is -1.40. The summed E-state index contributed by atoms with van der Waals surface area (Å²) in [6, 6.07) is 2.06. The molecule has 1 aliphatic rings. The maximum Gasteiger partial charge on any atom is 0.350 e. The van der Waals surface area contributed by atoms with E-state index in [0.29, 0.717) is 0 Å². The van der Waals surface area contributed by atoms with Gasteiger partial charge < -0.3 is 18.3 Å². The highest BCUT2D eigenvalue weighted by molar-refractivity contribution is 6.73. The van der Waals surface area contributed by atoms with E-state index in [1.165, 1.54) is 0 Å². The number of esters is 2. The molecule has 0 N–H and O–H groups in total. The van der Waals surface area contributed by atoms with Gasteiger partial charge in [-0.1, -0.05) is 32.8 Å². The second-order valence-electron chi connectivity index (χ2n) is 8.65. The molecule has 2 unspecified atom stereocenters. The van der Waals surface area contributed by atoms with Gasteiger partial charge in [-0.05, 0) is 50.2 Å². The Morgan fingerprint density at radius 3 is 2.23 bits per heavy atom. The number of azide groups is 1. The topological polar surface area (TPSA) is 120 Å². The number of carbonyl (C=O) groups is 2. The Balaban J connectivity index is 3.52. The van der Waals surface area contributed by atoms with Crippen molar-refractivity contribution in [2.24, 2.45) is 11.0 Å². The molecule has 1 saturated heterocycles. The first kappa shape index (κ1) is 26.6. The van der Waals surface area contributed by atoms with Gasteiger partial charge in [-0.15, -0.1) is 0 Å². The number of ether oxygens (including phenoxy) is 2. The Morgan fingerprint density at radius 1 is 1.23 bits per heavy atom. The molecule has 11 heteroatoms. The van der Waals surface area contributed by atoms with Crippen molar-refractivity contribution >= 4 is 28.6 Å². The average Bonchev–Trinajstić information content (AvgIpc) is 2.95. The first-order valence-electron chi connectivity index (χ1n) is 10.7. The van der Waals surface area contributed by atoms with Crippen molar-refractivity contribution in [1.29, 1.82) is 0 Å². The number of rotatable bonds is 12. The molecule has 0 spiro atoms. The van der Waals surface area contributed by atoms with Crippen LogP contribution in [0.3, 0.4) is 0 Å². The van der Waals surface area contributed by atoms with Gasteiger partial charge in [0.05, 0.1) is 18.6 Å². The van der Waals surface area contributed by atoms with E-state index >= 15 is 0 Å². The van der Waals surface area contributed by atoms with Gasteiger partial charge in [0.25, 0.3) is 5.60 Å². The standard InChI is InChI=1S/C19H37N3O6Si2/c1-9-25-17(23)19(28-29(6,7)8)15(13-26-30(10-2,11-3)12-4)16(27-18(19)24)14(5)21-22-20/h14-16H,9-13H2,1-8H3/t14-,15?,16+,19?/m1/s1. The number of cyclic esters (lactones) is 1. The zero-order valence-corrected chi connectivity index (χ0v) is 21.6. The third-order valence-corrected chi connectivity index (χ3v) is 11.3. The summed E-state index contributed by atoms with van der Waals surface area (Å²) in [5, 5.41) is 3.73. The summed E-state index contributed by atoms with van der Waals surface area (Å²) in [6.45, 7) is 15.5. The van der Waals surface area contributed by atoms with Crippen molar-refractivity contribution in [2.75, 3.05) is 13.2 Å². The van der Waals surface area contributed by atoms with Crippen molar-refractivity contribution < 1.29 is 27.9 Å². The lowest BCUT2D eigenvalue weighted by atomic mass is 9.84. The lowest BCUT2D eigenvalue weighted by Crippen LogP contribution is -2.59. The Kier molecular flexibility index (Phi) is 9.56. The van der Waals surface area contributed by atoms with E-state index < -0.39 is 52.2 Å². The smallest absolute Gasteiger partial charge is 0.350 e. The highest BCUT2D eigenvalue weighted by atomic mass is 28.4. The summed E-state index contributed by atoms with van der Waals surface area (Å²) in [5.41, 5.74) is 6.99. The van der Waals surface area contributed by atoms with E-state index in [4.69, 9.17) is 23.9 Å². The van der Waals surface area contributed by atoms with E-state index in [1.807, 2.05) is 19.6 Å². The minimum atomic E-state index is -2.40. The van der Waals surface area contributed by atoms with Gasteiger partial charge in [0.2, 0.25) is 0 Å². The van der Waals surface area contributed by atoms with Crippen LogP contribution in [0, 0.1) is 5.92 Å². The minimum absolute atomic E-state index is 0.102. The molecule has 9 nitrogen and oxygen atoms in total. The van der Waals surface area contributed by atoms with Crippen LogP contribution in [0.5, 0.6) is 0 Å². The molecule has 0 amide bonds. The molecule has 1 heterocycles. The maximum atomic E-state index is 13.2. The SMILES string of the molecule is CCOC(=O)C1(O[Si](C)(C)C)C(=O)O[C@@H]([C@@H](C)N=[N+]=[N-])C1CO[Si](CC)(CC)CC. The Labute approximate surface area is 181 Å². The molecule has 172 valence electrons. The summed E-state index contributed by atoms with van der Waals surface area (Å²) in [5.74, 6) is -2.33. The Bertz CT molecular complexity index is 653. The molecule has 0 radical (unpaired) electrons. The van der Waals surface area contributed by atoms with E-state index in [2.05, 4.69) is 30.8 Å². The summed E-state index contributed by atoms with van der Waals surface area (Å²) in [4.78, 5) is 29.2. The molecule has 4 atom stereocenters. The second-order valence-corrected chi connectivity index (χ2v) is 17.9. The van der Waals surface area contributed by atoms with Crippen molar-refractivity contribution in [1.82, 2.24) is 0 Å². The molecule has 0 bridgehead atoms. The quantitative estimate of drug-likeness (QED) is 0.106. The fourth-order valence-electron chi connectivity index (χ4n) is 3.91. The number of carbonyl (C=O) groups excluding carboxylic acids is 2. The Morgan fingerprint density at radius 2 is 1.80 bits per heavy atom. The fourth-order valence-corrected chi connectivity index (χ4v) is 7.84. The molecule has 1 fully saturated rings. The van der Waals surface area contributed by atoms with Crippen molar-refractivity contribution in [3.8, 4) is 0 Å². The molecule has 30 heavy (non-hydrogen) atoms. The predicted octanol–water partition coefficient (Wildman–Crippen LogP) is 4.40. The van der Waals surface area contributed by atoms with Gasteiger partial charge >= 0.3 is 11.9 Å². The molecule has 0 aromatic heterocycles. The molecule has 0 aromatic rings. The first-order valence-corrected chi connectivity index (χ1v) is 16.7. The monoisotopic (exact) mass is 459 g/mol. The van der Waals surface area contributed by atoms with Crippen LogP contribution in [0.15, 0.2) is 5.11 Å². The van der Waals surface area contributed by atoms with Crippen molar-refractivity contribution in [3.05, 3.63) is 10.4 Å². The van der Waals surface area contributed by atoms with E-state index in [1.54, 1.807) is 13.8 Å². The number of hydrogen-bond acceptors (Lipinski definition) is 7. The third kappa shape index (κ3) is 5.64. The zero-order valence-electron chi connectivity index (χ0n) is 19.6. The molecular formula is C19H37N3O6Si2. The number of hydrogen-bond donors (Lipinski definition) is 0. The highest BCUT2D eigenvalue weighted by Gasteiger charge is 2.67. The summed E-state index contributed by atoms with van der Waals surface area (Å²) in [6.07, 6.45) is -0.841. The van der Waals surface area contributed by atoms with Crippen LogP contribution in [0.4, 0.5) is 0 Å². The van der Waals surface area contributed by atoms with Gasteiger partial charge in [-0.25, -0.2) is 9.59 Å². The maximum absolute atomic E-state index is 13.2. The third-order valence-electron chi connectivity index (χ3n) is 5.72. The molecular weight excluding hydrogens is 422 g/mol. The van der Waals surface area contributed by atoms with Gasteiger partial charge in [0, 0.05) is 11.5 Å². The largest absolute Gasteiger partial charge is 0.463 e. The molecule has 0 saturated carbocycles. The number of nitrogens with zero attached hydrogens (tertiary/aromatic N) is 3. The predicted molar refractivity (Wildman–Crippen MR) is 119 cm³/mol. The van der Waals surface area contributed by atoms with Crippen molar-refractivity contribution in [2.45, 2.75) is 90.1 Å². The summed E-state index contributed by atoms with van der Waals surface area (Å²) in [7, 11) is -4.43. The van der Waals surface area contributed by atoms with Crippen molar-refractivity contribution in [3.63, 3.8) is 0 Å². The molecule has 1 aliphatic heterocycles. The van der Waals surface area contributed by atoms with Gasteiger partial charge in [0.15, 0.2) is 16.6 Å².